The van der Waals surface area contributed by atoms with Gasteiger partial charge in [-0.25, -0.2) is 0 Å². The van der Waals surface area contributed by atoms with Crippen LogP contribution in [0.1, 0.15) is 0 Å². The van der Waals surface area contributed by atoms with E-state index in [1.54, 1.807) is 0 Å². The number of terminal acetylenes is 1. The van der Waals surface area contributed by atoms with Gasteiger partial charge in [-0.3, -0.25) is 0 Å². The molecule has 1 rings (SSSR count). The van der Waals surface area contributed by atoms with Crippen molar-refractivity contribution in [2.45, 2.75) is 0 Å². The molecular formula is C8H15N3O2S. The third kappa shape index (κ3) is 2.45. The molecule has 0 bridgehead atoms. The lowest BCUT2D eigenvalue weighted by Crippen LogP contribution is -2.50. The molecule has 0 radical (unpaired) electrons. The van der Waals surface area contributed by atoms with Gasteiger partial charge in [-0.05, 0) is 0 Å². The molecule has 0 aromatic carbocycles. The molecule has 5 nitrogen and oxygen atoms in total. The Morgan fingerprint density at radius 1 is 1.50 bits per heavy atom. The normalized spacial score (nSPS) is 19.5. The molecule has 14 heavy (non-hydrogen) atoms. The predicted octanol–water partition coefficient (Wildman–Crippen LogP) is -1.30. The van der Waals surface area contributed by atoms with Gasteiger partial charge in [0.05, 0.1) is 6.54 Å². The molecule has 0 spiro atoms. The maximum absolute atomic E-state index is 11.8. The van der Waals surface area contributed by atoms with Crippen molar-refractivity contribution in [3.05, 3.63) is 0 Å². The Bertz CT molecular complexity index is 314. The maximum Gasteiger partial charge on any atom is 0.282 e. The molecule has 0 saturated carbocycles. The van der Waals surface area contributed by atoms with Crippen LogP contribution in [0.3, 0.4) is 0 Å². The molecule has 0 atom stereocenters. The van der Waals surface area contributed by atoms with E-state index in [-0.39, 0.29) is 6.54 Å². The highest BCUT2D eigenvalue weighted by Crippen LogP contribution is 2.06. The van der Waals surface area contributed by atoms with Crippen LogP contribution in [0.15, 0.2) is 0 Å². The lowest BCUT2D eigenvalue weighted by Gasteiger charge is -2.29. The summed E-state index contributed by atoms with van der Waals surface area (Å²) in [5, 5.41) is 3.09. The number of rotatable bonds is 3. The second-order valence-corrected chi connectivity index (χ2v) is 5.15. The summed E-state index contributed by atoms with van der Waals surface area (Å²) in [6.45, 7) is 2.53. The lowest BCUT2D eigenvalue weighted by molar-refractivity contribution is 0.332. The minimum Gasteiger partial charge on any atom is -0.314 e. The van der Waals surface area contributed by atoms with E-state index in [1.807, 2.05) is 0 Å². The van der Waals surface area contributed by atoms with Crippen molar-refractivity contribution in [3.63, 3.8) is 0 Å². The maximum atomic E-state index is 11.8. The third-order valence-electron chi connectivity index (χ3n) is 2.11. The first-order chi connectivity index (χ1) is 6.59. The predicted molar refractivity (Wildman–Crippen MR) is 54.8 cm³/mol. The molecule has 0 amide bonds. The third-order valence-corrected chi connectivity index (χ3v) is 4.04. The molecule has 0 aliphatic carbocycles. The fraction of sp³-hybridized carbons (Fsp3) is 0.750. The van der Waals surface area contributed by atoms with Crippen molar-refractivity contribution in [2.75, 3.05) is 39.8 Å². The summed E-state index contributed by atoms with van der Waals surface area (Å²) in [7, 11) is -1.84. The minimum absolute atomic E-state index is 0.117. The highest BCUT2D eigenvalue weighted by atomic mass is 32.2. The first kappa shape index (κ1) is 11.5. The summed E-state index contributed by atoms with van der Waals surface area (Å²) in [6.07, 6.45) is 5.07. The Kier molecular flexibility index (Phi) is 3.89. The van der Waals surface area contributed by atoms with Crippen molar-refractivity contribution >= 4 is 10.2 Å². The van der Waals surface area contributed by atoms with Gasteiger partial charge in [0.1, 0.15) is 0 Å². The molecule has 0 aromatic rings. The molecule has 0 unspecified atom stereocenters. The van der Waals surface area contributed by atoms with Crippen molar-refractivity contribution < 1.29 is 8.42 Å². The Morgan fingerprint density at radius 2 is 2.07 bits per heavy atom. The second kappa shape index (κ2) is 4.75. The zero-order valence-corrected chi connectivity index (χ0v) is 9.05. The monoisotopic (exact) mass is 217 g/mol. The topological polar surface area (TPSA) is 52.7 Å². The Morgan fingerprint density at radius 3 is 2.57 bits per heavy atom. The van der Waals surface area contributed by atoms with Gasteiger partial charge in [0.25, 0.3) is 10.2 Å². The molecular weight excluding hydrogens is 202 g/mol. The fourth-order valence-electron chi connectivity index (χ4n) is 1.28. The smallest absolute Gasteiger partial charge is 0.282 e. The van der Waals surface area contributed by atoms with Gasteiger partial charge < -0.3 is 5.32 Å². The molecule has 0 aromatic heterocycles. The van der Waals surface area contributed by atoms with Crippen LogP contribution in [0.4, 0.5) is 0 Å². The first-order valence-corrected chi connectivity index (χ1v) is 5.84. The van der Waals surface area contributed by atoms with Crippen molar-refractivity contribution in [2.24, 2.45) is 0 Å². The van der Waals surface area contributed by atoms with Gasteiger partial charge in [0, 0.05) is 33.2 Å². The Labute approximate surface area is 85.3 Å². The van der Waals surface area contributed by atoms with Gasteiger partial charge in [-0.2, -0.15) is 17.0 Å². The molecule has 1 fully saturated rings. The van der Waals surface area contributed by atoms with Crippen LogP contribution < -0.4 is 5.32 Å². The van der Waals surface area contributed by atoms with Crippen molar-refractivity contribution in [1.82, 2.24) is 13.9 Å². The zero-order valence-electron chi connectivity index (χ0n) is 8.23. The Hall–Kier alpha value is -0.610. The quantitative estimate of drug-likeness (QED) is 0.598. The van der Waals surface area contributed by atoms with E-state index in [2.05, 4.69) is 11.2 Å². The van der Waals surface area contributed by atoms with Crippen molar-refractivity contribution in [3.8, 4) is 12.3 Å². The number of nitrogens with zero attached hydrogens (tertiary/aromatic N) is 2. The summed E-state index contributed by atoms with van der Waals surface area (Å²) < 4.78 is 26.2. The molecule has 1 saturated heterocycles. The van der Waals surface area contributed by atoms with Crippen LogP contribution >= 0.6 is 0 Å². The van der Waals surface area contributed by atoms with Crippen LogP contribution in [0, 0.1) is 12.3 Å². The van der Waals surface area contributed by atoms with E-state index in [1.165, 1.54) is 15.7 Å². The Balaban J connectivity index is 2.68. The number of nitrogens with one attached hydrogen (secondary N) is 1. The van der Waals surface area contributed by atoms with Gasteiger partial charge in [0.15, 0.2) is 0 Å². The summed E-state index contributed by atoms with van der Waals surface area (Å²) in [6, 6.07) is 0. The van der Waals surface area contributed by atoms with E-state index in [4.69, 9.17) is 6.42 Å². The summed E-state index contributed by atoms with van der Waals surface area (Å²) in [5.74, 6) is 2.32. The molecule has 1 N–H and O–H groups in total. The SMILES string of the molecule is C#CCN(C)S(=O)(=O)N1CCNCC1. The van der Waals surface area contributed by atoms with Crippen LogP contribution in [0.25, 0.3) is 0 Å². The first-order valence-electron chi connectivity index (χ1n) is 4.44. The summed E-state index contributed by atoms with van der Waals surface area (Å²) in [4.78, 5) is 0. The molecule has 1 heterocycles. The largest absolute Gasteiger partial charge is 0.314 e. The van der Waals surface area contributed by atoms with Crippen LogP contribution in [0.2, 0.25) is 0 Å². The number of hydrogen-bond acceptors (Lipinski definition) is 3. The fourth-order valence-corrected chi connectivity index (χ4v) is 2.56. The van der Waals surface area contributed by atoms with Gasteiger partial charge in [-0.15, -0.1) is 6.42 Å². The van der Waals surface area contributed by atoms with Crippen molar-refractivity contribution in [1.29, 1.82) is 0 Å². The summed E-state index contributed by atoms with van der Waals surface area (Å²) in [5.41, 5.74) is 0. The summed E-state index contributed by atoms with van der Waals surface area (Å²) >= 11 is 0. The van der Waals surface area contributed by atoms with Gasteiger partial charge in [-0.1, -0.05) is 5.92 Å². The highest BCUT2D eigenvalue weighted by Gasteiger charge is 2.27. The van der Waals surface area contributed by atoms with E-state index in [9.17, 15) is 8.42 Å². The van der Waals surface area contributed by atoms with Crippen LogP contribution in [-0.2, 0) is 10.2 Å². The number of hydrogen-bond donors (Lipinski definition) is 1. The zero-order chi connectivity index (χ0) is 10.6. The molecule has 1 aliphatic heterocycles. The average Bonchev–Trinajstić information content (AvgIpc) is 2.19. The highest BCUT2D eigenvalue weighted by molar-refractivity contribution is 7.86. The van der Waals surface area contributed by atoms with E-state index < -0.39 is 10.2 Å². The average molecular weight is 217 g/mol. The molecule has 80 valence electrons. The van der Waals surface area contributed by atoms with E-state index in [0.29, 0.717) is 26.2 Å². The molecule has 1 aliphatic rings. The molecule has 6 heteroatoms. The standard InChI is InChI=1S/C8H15N3O2S/c1-3-6-10(2)14(12,13)11-7-4-9-5-8-11/h1,9H,4-8H2,2H3. The van der Waals surface area contributed by atoms with Gasteiger partial charge >= 0.3 is 0 Å². The van der Waals surface area contributed by atoms with E-state index >= 15 is 0 Å². The van der Waals surface area contributed by atoms with Crippen LogP contribution in [0.5, 0.6) is 0 Å². The minimum atomic E-state index is -3.34. The lowest BCUT2D eigenvalue weighted by atomic mass is 10.4. The number of piperazine rings is 1. The van der Waals surface area contributed by atoms with Gasteiger partial charge in [0.2, 0.25) is 0 Å². The van der Waals surface area contributed by atoms with Crippen LogP contribution in [-0.4, -0.2) is 56.8 Å². The van der Waals surface area contributed by atoms with E-state index in [0.717, 1.165) is 0 Å². The second-order valence-electron chi connectivity index (χ2n) is 3.12.